The molecular weight excluding hydrogens is 410 g/mol. The lowest BCUT2D eigenvalue weighted by molar-refractivity contribution is 0.0603. The molecule has 2 amide bonds. The van der Waals surface area contributed by atoms with Gasteiger partial charge in [0.05, 0.1) is 0 Å². The van der Waals surface area contributed by atoms with E-state index in [9.17, 15) is 18.4 Å². The highest BCUT2D eigenvalue weighted by Gasteiger charge is 2.29. The lowest BCUT2D eigenvalue weighted by Crippen LogP contribution is -2.49. The van der Waals surface area contributed by atoms with Gasteiger partial charge >= 0.3 is 0 Å². The Balaban J connectivity index is 1.53. The van der Waals surface area contributed by atoms with Gasteiger partial charge in [-0.3, -0.25) is 9.59 Å². The minimum Gasteiger partial charge on any atom is -0.350 e. The van der Waals surface area contributed by atoms with Crippen LogP contribution in [-0.2, 0) is 0 Å². The number of carbonyl (C=O) groups excluding carboxylic acids is 2. The monoisotopic (exact) mass is 434 g/mol. The van der Waals surface area contributed by atoms with Gasteiger partial charge in [-0.1, -0.05) is 30.3 Å². The van der Waals surface area contributed by atoms with E-state index in [0.717, 1.165) is 24.8 Å². The highest BCUT2D eigenvalue weighted by Crippen LogP contribution is 2.28. The van der Waals surface area contributed by atoms with Crippen LogP contribution in [0.3, 0.4) is 0 Å². The Bertz CT molecular complexity index is 1100. The number of hydrogen-bond acceptors (Lipinski definition) is 2. The van der Waals surface area contributed by atoms with E-state index in [1.165, 1.54) is 42.5 Å². The van der Waals surface area contributed by atoms with Crippen molar-refractivity contribution in [1.29, 1.82) is 0 Å². The number of nitrogens with one attached hydrogen (secondary N) is 1. The summed E-state index contributed by atoms with van der Waals surface area (Å²) in [5, 5.41) is 2.86. The number of likely N-dealkylation sites (tertiary alicyclic amines) is 1. The maximum Gasteiger partial charge on any atom is 0.254 e. The molecule has 164 valence electrons. The van der Waals surface area contributed by atoms with Crippen molar-refractivity contribution in [1.82, 2.24) is 10.2 Å². The van der Waals surface area contributed by atoms with Crippen LogP contribution in [0.15, 0.2) is 72.8 Å². The van der Waals surface area contributed by atoms with Crippen molar-refractivity contribution in [2.75, 3.05) is 13.1 Å². The van der Waals surface area contributed by atoms with E-state index in [-0.39, 0.29) is 17.9 Å². The Labute approximate surface area is 185 Å². The fraction of sp³-hybridized carbons (Fsp3) is 0.231. The standard InChI is InChI=1S/C26H24F2N2O2/c27-20-11-9-19(10-12-20)25(31)29-17-22-8-4-5-15-30(22)26(32)23-14-13-21(28)16-24(23)18-6-2-1-3-7-18/h1-3,6-7,9-14,16,22H,4-5,8,15,17H2,(H,29,31). The zero-order valence-corrected chi connectivity index (χ0v) is 17.6. The molecule has 0 aromatic heterocycles. The highest BCUT2D eigenvalue weighted by atomic mass is 19.1. The predicted octanol–water partition coefficient (Wildman–Crippen LogP) is 5.06. The van der Waals surface area contributed by atoms with Gasteiger partial charge in [-0.05, 0) is 72.9 Å². The van der Waals surface area contributed by atoms with Crippen LogP contribution < -0.4 is 5.32 Å². The van der Waals surface area contributed by atoms with Gasteiger partial charge in [-0.25, -0.2) is 8.78 Å². The molecule has 1 aliphatic heterocycles. The van der Waals surface area contributed by atoms with Gasteiger partial charge in [-0.15, -0.1) is 0 Å². The second kappa shape index (κ2) is 9.73. The first-order chi connectivity index (χ1) is 15.5. The molecule has 4 nitrogen and oxygen atoms in total. The molecular formula is C26H24F2N2O2. The van der Waals surface area contributed by atoms with E-state index in [2.05, 4.69) is 5.32 Å². The van der Waals surface area contributed by atoms with Crippen LogP contribution in [-0.4, -0.2) is 35.8 Å². The van der Waals surface area contributed by atoms with Crippen LogP contribution in [0.4, 0.5) is 8.78 Å². The number of hydrogen-bond donors (Lipinski definition) is 1. The molecule has 1 unspecified atom stereocenters. The summed E-state index contributed by atoms with van der Waals surface area (Å²) in [4.78, 5) is 27.7. The van der Waals surface area contributed by atoms with Crippen molar-refractivity contribution in [2.45, 2.75) is 25.3 Å². The number of amides is 2. The van der Waals surface area contributed by atoms with E-state index in [1.54, 1.807) is 4.90 Å². The lowest BCUT2D eigenvalue weighted by Gasteiger charge is -2.36. The van der Waals surface area contributed by atoms with Gasteiger partial charge in [0, 0.05) is 30.3 Å². The molecule has 0 saturated carbocycles. The summed E-state index contributed by atoms with van der Waals surface area (Å²) in [6, 6.07) is 18.7. The number of nitrogens with zero attached hydrogens (tertiary/aromatic N) is 1. The molecule has 3 aromatic rings. The minimum absolute atomic E-state index is 0.172. The first kappa shape index (κ1) is 21.7. The molecule has 1 atom stereocenters. The predicted molar refractivity (Wildman–Crippen MR) is 119 cm³/mol. The molecule has 1 aliphatic rings. The third-order valence-corrected chi connectivity index (χ3v) is 5.79. The van der Waals surface area contributed by atoms with Gasteiger partial charge in [0.15, 0.2) is 0 Å². The molecule has 0 bridgehead atoms. The van der Waals surface area contributed by atoms with Crippen LogP contribution in [0.25, 0.3) is 11.1 Å². The van der Waals surface area contributed by atoms with Crippen molar-refractivity contribution in [3.05, 3.63) is 95.6 Å². The third kappa shape index (κ3) is 4.85. The number of piperidine rings is 1. The molecule has 6 heteroatoms. The van der Waals surface area contributed by atoms with Crippen LogP contribution in [0.2, 0.25) is 0 Å². The normalized spacial score (nSPS) is 15.9. The van der Waals surface area contributed by atoms with E-state index in [4.69, 9.17) is 0 Å². The maximum absolute atomic E-state index is 14.0. The van der Waals surface area contributed by atoms with Crippen LogP contribution in [0, 0.1) is 11.6 Å². The Kier molecular flexibility index (Phi) is 6.59. The topological polar surface area (TPSA) is 49.4 Å². The Morgan fingerprint density at radius 3 is 2.38 bits per heavy atom. The smallest absolute Gasteiger partial charge is 0.254 e. The molecule has 4 rings (SSSR count). The molecule has 1 N–H and O–H groups in total. The molecule has 0 spiro atoms. The van der Waals surface area contributed by atoms with Gasteiger partial charge in [0.25, 0.3) is 11.8 Å². The van der Waals surface area contributed by atoms with Gasteiger partial charge in [0.2, 0.25) is 0 Å². The molecule has 0 radical (unpaired) electrons. The number of carbonyl (C=O) groups is 2. The van der Waals surface area contributed by atoms with Crippen LogP contribution >= 0.6 is 0 Å². The Morgan fingerprint density at radius 2 is 1.62 bits per heavy atom. The third-order valence-electron chi connectivity index (χ3n) is 5.79. The molecule has 32 heavy (non-hydrogen) atoms. The summed E-state index contributed by atoms with van der Waals surface area (Å²) in [6.45, 7) is 0.866. The lowest BCUT2D eigenvalue weighted by atomic mass is 9.96. The summed E-state index contributed by atoms with van der Waals surface area (Å²) in [6.07, 6.45) is 2.59. The van der Waals surface area contributed by atoms with Crippen molar-refractivity contribution in [3.63, 3.8) is 0 Å². The van der Waals surface area contributed by atoms with E-state index < -0.39 is 11.6 Å². The largest absolute Gasteiger partial charge is 0.350 e. The van der Waals surface area contributed by atoms with Gasteiger partial charge in [-0.2, -0.15) is 0 Å². The summed E-state index contributed by atoms with van der Waals surface area (Å²) in [7, 11) is 0. The molecule has 1 heterocycles. The van der Waals surface area contributed by atoms with E-state index >= 15 is 0 Å². The summed E-state index contributed by atoms with van der Waals surface area (Å²) >= 11 is 0. The van der Waals surface area contributed by atoms with Crippen molar-refractivity contribution >= 4 is 11.8 Å². The zero-order valence-electron chi connectivity index (χ0n) is 17.6. The van der Waals surface area contributed by atoms with Crippen molar-refractivity contribution < 1.29 is 18.4 Å². The Morgan fingerprint density at radius 1 is 0.906 bits per heavy atom. The second-order valence-electron chi connectivity index (χ2n) is 7.92. The average Bonchev–Trinajstić information content (AvgIpc) is 2.83. The van der Waals surface area contributed by atoms with Crippen LogP contribution in [0.5, 0.6) is 0 Å². The first-order valence-electron chi connectivity index (χ1n) is 10.7. The van der Waals surface area contributed by atoms with Gasteiger partial charge in [0.1, 0.15) is 11.6 Å². The quantitative estimate of drug-likeness (QED) is 0.611. The molecule has 1 fully saturated rings. The fourth-order valence-corrected chi connectivity index (χ4v) is 4.11. The first-order valence-corrected chi connectivity index (χ1v) is 10.7. The van der Waals surface area contributed by atoms with Gasteiger partial charge < -0.3 is 10.2 Å². The zero-order chi connectivity index (χ0) is 22.5. The number of halogens is 2. The Hall–Kier alpha value is -3.54. The molecule has 0 aliphatic carbocycles. The highest BCUT2D eigenvalue weighted by molar-refractivity contribution is 6.01. The average molecular weight is 434 g/mol. The SMILES string of the molecule is O=C(NCC1CCCCN1C(=O)c1ccc(F)cc1-c1ccccc1)c1ccc(F)cc1. The summed E-state index contributed by atoms with van der Waals surface area (Å²) < 4.78 is 27.1. The molecule has 1 saturated heterocycles. The van der Waals surface area contributed by atoms with E-state index in [1.807, 2.05) is 30.3 Å². The van der Waals surface area contributed by atoms with Crippen LogP contribution in [0.1, 0.15) is 40.0 Å². The minimum atomic E-state index is -0.404. The van der Waals surface area contributed by atoms with Crippen molar-refractivity contribution in [3.8, 4) is 11.1 Å². The van der Waals surface area contributed by atoms with E-state index in [0.29, 0.717) is 29.8 Å². The summed E-state index contributed by atoms with van der Waals surface area (Å²) in [5.74, 6) is -1.29. The fourth-order valence-electron chi connectivity index (χ4n) is 4.11. The summed E-state index contributed by atoms with van der Waals surface area (Å²) in [5.41, 5.74) is 2.13. The molecule has 3 aromatic carbocycles. The number of rotatable bonds is 5. The number of benzene rings is 3. The van der Waals surface area contributed by atoms with Crippen molar-refractivity contribution in [2.24, 2.45) is 0 Å². The maximum atomic E-state index is 14.0. The second-order valence-corrected chi connectivity index (χ2v) is 7.92.